The largest absolute Gasteiger partial charge is 0.493 e. The van der Waals surface area contributed by atoms with E-state index in [2.05, 4.69) is 32.6 Å². The van der Waals surface area contributed by atoms with E-state index in [-0.39, 0.29) is 11.3 Å². The van der Waals surface area contributed by atoms with Crippen molar-refractivity contribution in [3.8, 4) is 11.5 Å². The summed E-state index contributed by atoms with van der Waals surface area (Å²) in [4.78, 5) is 16.9. The summed E-state index contributed by atoms with van der Waals surface area (Å²) in [7, 11) is 1.64. The van der Waals surface area contributed by atoms with Gasteiger partial charge in [-0.05, 0) is 52.3 Å². The molecule has 0 radical (unpaired) electrons. The molecule has 146 valence electrons. The quantitative estimate of drug-likeness (QED) is 0.652. The van der Waals surface area contributed by atoms with Crippen LogP contribution in [0.15, 0.2) is 18.2 Å². The van der Waals surface area contributed by atoms with Crippen LogP contribution < -0.4 is 9.47 Å². The standard InChI is InChI=1S/C20H32N2O3S/c1-7-25-18-12-16(8-9-17(18)24-6)20-22(19(23)13-26-20)11-10-21(14(2)3)15(4)5/h8-9,12,14-15,20H,7,10-11,13H2,1-6H3. The van der Waals surface area contributed by atoms with Crippen molar-refractivity contribution in [1.29, 1.82) is 0 Å². The molecular weight excluding hydrogens is 348 g/mol. The van der Waals surface area contributed by atoms with Gasteiger partial charge in [-0.15, -0.1) is 11.8 Å². The van der Waals surface area contributed by atoms with Crippen LogP contribution in [0.3, 0.4) is 0 Å². The third-order valence-corrected chi connectivity index (χ3v) is 5.92. The second kappa shape index (κ2) is 9.51. The lowest BCUT2D eigenvalue weighted by molar-refractivity contribution is -0.128. The van der Waals surface area contributed by atoms with E-state index in [9.17, 15) is 4.79 Å². The highest BCUT2D eigenvalue weighted by Crippen LogP contribution is 2.41. The monoisotopic (exact) mass is 380 g/mol. The molecule has 1 aliphatic heterocycles. The summed E-state index contributed by atoms with van der Waals surface area (Å²) in [6, 6.07) is 6.89. The lowest BCUT2D eigenvalue weighted by Gasteiger charge is -2.33. The van der Waals surface area contributed by atoms with E-state index in [4.69, 9.17) is 9.47 Å². The number of amides is 1. The molecule has 0 N–H and O–H groups in total. The molecule has 1 unspecified atom stereocenters. The van der Waals surface area contributed by atoms with Crippen LogP contribution in [0, 0.1) is 0 Å². The number of ether oxygens (including phenoxy) is 2. The molecule has 1 saturated heterocycles. The predicted molar refractivity (Wildman–Crippen MR) is 108 cm³/mol. The number of hydrogen-bond donors (Lipinski definition) is 0. The normalized spacial score (nSPS) is 17.7. The molecule has 1 fully saturated rings. The first-order valence-corrected chi connectivity index (χ1v) is 10.4. The Balaban J connectivity index is 2.17. The van der Waals surface area contributed by atoms with Crippen molar-refractivity contribution in [1.82, 2.24) is 9.80 Å². The second-order valence-corrected chi connectivity index (χ2v) is 8.09. The lowest BCUT2D eigenvalue weighted by Crippen LogP contribution is -2.43. The van der Waals surface area contributed by atoms with E-state index in [0.717, 1.165) is 30.2 Å². The van der Waals surface area contributed by atoms with Gasteiger partial charge in [0.25, 0.3) is 0 Å². The van der Waals surface area contributed by atoms with Crippen molar-refractivity contribution in [2.45, 2.75) is 52.1 Å². The average Bonchev–Trinajstić information content (AvgIpc) is 2.95. The van der Waals surface area contributed by atoms with Gasteiger partial charge in [0.1, 0.15) is 5.37 Å². The summed E-state index contributed by atoms with van der Waals surface area (Å²) in [5.74, 6) is 2.20. The Labute approximate surface area is 162 Å². The van der Waals surface area contributed by atoms with Gasteiger partial charge in [-0.1, -0.05) is 6.07 Å². The van der Waals surface area contributed by atoms with E-state index in [1.54, 1.807) is 18.9 Å². The molecule has 1 aliphatic rings. The Morgan fingerprint density at radius 1 is 1.23 bits per heavy atom. The average molecular weight is 381 g/mol. The van der Waals surface area contributed by atoms with Gasteiger partial charge in [-0.2, -0.15) is 0 Å². The first-order chi connectivity index (χ1) is 12.4. The summed E-state index contributed by atoms with van der Waals surface area (Å²) in [5.41, 5.74) is 1.09. The molecule has 1 aromatic rings. The number of nitrogens with zero attached hydrogens (tertiary/aromatic N) is 2. The van der Waals surface area contributed by atoms with Crippen molar-refractivity contribution in [2.75, 3.05) is 32.6 Å². The van der Waals surface area contributed by atoms with Crippen LogP contribution in [0.5, 0.6) is 11.5 Å². The van der Waals surface area contributed by atoms with Crippen molar-refractivity contribution in [2.24, 2.45) is 0 Å². The molecule has 5 nitrogen and oxygen atoms in total. The van der Waals surface area contributed by atoms with Gasteiger partial charge < -0.3 is 14.4 Å². The van der Waals surface area contributed by atoms with Gasteiger partial charge in [0.05, 0.1) is 19.5 Å². The molecule has 0 aromatic heterocycles. The lowest BCUT2D eigenvalue weighted by atomic mass is 10.1. The van der Waals surface area contributed by atoms with E-state index in [1.165, 1.54) is 0 Å². The molecule has 1 aromatic carbocycles. The fourth-order valence-electron chi connectivity index (χ4n) is 3.42. The Morgan fingerprint density at radius 3 is 2.50 bits per heavy atom. The molecule has 1 heterocycles. The molecular formula is C20H32N2O3S. The summed E-state index contributed by atoms with van der Waals surface area (Å²) in [6.07, 6.45) is 0. The fourth-order valence-corrected chi connectivity index (χ4v) is 4.63. The number of rotatable bonds is 9. The number of methoxy groups -OCH3 is 1. The zero-order valence-corrected chi connectivity index (χ0v) is 17.6. The Kier molecular flexibility index (Phi) is 7.65. The van der Waals surface area contributed by atoms with Crippen LogP contribution >= 0.6 is 11.8 Å². The van der Waals surface area contributed by atoms with Gasteiger partial charge in [-0.25, -0.2) is 0 Å². The Bertz CT molecular complexity index is 599. The van der Waals surface area contributed by atoms with E-state index >= 15 is 0 Å². The maximum atomic E-state index is 12.5. The minimum Gasteiger partial charge on any atom is -0.493 e. The molecule has 1 amide bonds. The molecule has 2 rings (SSSR count). The number of carbonyl (C=O) groups excluding carboxylic acids is 1. The maximum absolute atomic E-state index is 12.5. The highest BCUT2D eigenvalue weighted by Gasteiger charge is 2.33. The summed E-state index contributed by atoms with van der Waals surface area (Å²) >= 11 is 1.68. The third kappa shape index (κ3) is 4.86. The van der Waals surface area contributed by atoms with Gasteiger partial charge in [-0.3, -0.25) is 9.69 Å². The number of thioether (sulfide) groups is 1. The molecule has 26 heavy (non-hydrogen) atoms. The van der Waals surface area contributed by atoms with Gasteiger partial charge >= 0.3 is 0 Å². The van der Waals surface area contributed by atoms with Crippen molar-refractivity contribution in [3.05, 3.63) is 23.8 Å². The minimum absolute atomic E-state index is 0.0359. The van der Waals surface area contributed by atoms with Crippen LogP contribution in [0.2, 0.25) is 0 Å². The number of benzene rings is 1. The number of hydrogen-bond acceptors (Lipinski definition) is 5. The smallest absolute Gasteiger partial charge is 0.233 e. The third-order valence-electron chi connectivity index (χ3n) is 4.67. The van der Waals surface area contributed by atoms with Gasteiger partial charge in [0.15, 0.2) is 11.5 Å². The van der Waals surface area contributed by atoms with Crippen LogP contribution in [-0.2, 0) is 4.79 Å². The van der Waals surface area contributed by atoms with Crippen LogP contribution in [0.25, 0.3) is 0 Å². The highest BCUT2D eigenvalue weighted by molar-refractivity contribution is 8.00. The predicted octanol–water partition coefficient (Wildman–Crippen LogP) is 3.79. The highest BCUT2D eigenvalue weighted by atomic mass is 32.2. The molecule has 0 saturated carbocycles. The summed E-state index contributed by atoms with van der Waals surface area (Å²) < 4.78 is 11.1. The SMILES string of the molecule is CCOc1cc(C2SCC(=O)N2CCN(C(C)C)C(C)C)ccc1OC. The van der Waals surface area contributed by atoms with E-state index < -0.39 is 0 Å². The Morgan fingerprint density at radius 2 is 1.92 bits per heavy atom. The molecule has 6 heteroatoms. The van der Waals surface area contributed by atoms with E-state index in [0.29, 0.717) is 24.4 Å². The van der Waals surface area contributed by atoms with Gasteiger partial charge in [0.2, 0.25) is 5.91 Å². The fraction of sp³-hybridized carbons (Fsp3) is 0.650. The van der Waals surface area contributed by atoms with Crippen molar-refractivity contribution < 1.29 is 14.3 Å². The van der Waals surface area contributed by atoms with Crippen LogP contribution in [-0.4, -0.2) is 60.3 Å². The number of carbonyl (C=O) groups is 1. The van der Waals surface area contributed by atoms with Gasteiger partial charge in [0, 0.05) is 25.2 Å². The first kappa shape index (κ1) is 20.9. The maximum Gasteiger partial charge on any atom is 0.233 e. The minimum atomic E-state index is 0.0359. The molecule has 0 bridgehead atoms. The summed E-state index contributed by atoms with van der Waals surface area (Å²) in [5, 5.41) is 0.0359. The zero-order chi connectivity index (χ0) is 19.3. The zero-order valence-electron chi connectivity index (χ0n) is 16.8. The molecule has 1 atom stereocenters. The van der Waals surface area contributed by atoms with Crippen LogP contribution in [0.1, 0.15) is 45.6 Å². The van der Waals surface area contributed by atoms with Crippen molar-refractivity contribution >= 4 is 17.7 Å². The Hall–Kier alpha value is -1.40. The molecule has 0 aliphatic carbocycles. The topological polar surface area (TPSA) is 42.0 Å². The van der Waals surface area contributed by atoms with Crippen LogP contribution in [0.4, 0.5) is 0 Å². The first-order valence-electron chi connectivity index (χ1n) is 9.36. The van der Waals surface area contributed by atoms with Crippen molar-refractivity contribution in [3.63, 3.8) is 0 Å². The molecule has 0 spiro atoms. The summed E-state index contributed by atoms with van der Waals surface area (Å²) in [6.45, 7) is 13.0. The van der Waals surface area contributed by atoms with E-state index in [1.807, 2.05) is 30.0 Å². The second-order valence-electron chi connectivity index (χ2n) is 7.02.